The van der Waals surface area contributed by atoms with E-state index in [4.69, 9.17) is 0 Å². The molecule has 2 heteroatoms. The van der Waals surface area contributed by atoms with Crippen LogP contribution < -0.4 is 0 Å². The Labute approximate surface area is 154 Å². The summed E-state index contributed by atoms with van der Waals surface area (Å²) >= 11 is 0. The van der Waals surface area contributed by atoms with Crippen LogP contribution in [0, 0.1) is 40.4 Å². The van der Waals surface area contributed by atoms with Crippen molar-refractivity contribution in [3.63, 3.8) is 0 Å². The van der Waals surface area contributed by atoms with Crippen LogP contribution in [0.2, 0.25) is 0 Å². The zero-order valence-electron chi connectivity index (χ0n) is 16.8. The Morgan fingerprint density at radius 2 is 1.72 bits per heavy atom. The number of rotatable bonds is 2. The summed E-state index contributed by atoms with van der Waals surface area (Å²) in [6.45, 7) is 7.42. The van der Waals surface area contributed by atoms with E-state index in [1.165, 1.54) is 57.8 Å². The van der Waals surface area contributed by atoms with E-state index >= 15 is 0 Å². The summed E-state index contributed by atoms with van der Waals surface area (Å²) in [6, 6.07) is 0. The molecule has 25 heavy (non-hydrogen) atoms. The van der Waals surface area contributed by atoms with Crippen LogP contribution in [0.5, 0.6) is 0 Å². The molecule has 0 aliphatic heterocycles. The molecule has 0 amide bonds. The third-order valence-electron chi connectivity index (χ3n) is 9.97. The van der Waals surface area contributed by atoms with Gasteiger partial charge in [0.1, 0.15) is 0 Å². The van der Waals surface area contributed by atoms with E-state index < -0.39 is 5.60 Å². The normalized spacial score (nSPS) is 55.8. The summed E-state index contributed by atoms with van der Waals surface area (Å²) in [4.78, 5) is 0. The second-order valence-corrected chi connectivity index (χ2v) is 10.8. The van der Waals surface area contributed by atoms with Gasteiger partial charge in [0.05, 0.1) is 5.60 Å². The molecule has 0 radical (unpaired) electrons. The number of aliphatic hydroxyl groups is 2. The van der Waals surface area contributed by atoms with E-state index in [0.717, 1.165) is 36.5 Å². The molecule has 4 aliphatic rings. The monoisotopic (exact) mass is 348 g/mol. The third kappa shape index (κ3) is 2.64. The summed E-state index contributed by atoms with van der Waals surface area (Å²) in [5.74, 6) is 3.87. The molecule has 4 aliphatic carbocycles. The van der Waals surface area contributed by atoms with Crippen molar-refractivity contribution in [3.8, 4) is 0 Å². The molecule has 144 valence electrons. The maximum atomic E-state index is 10.7. The average Bonchev–Trinajstić information content (AvgIpc) is 2.59. The highest BCUT2D eigenvalue weighted by molar-refractivity contribution is 5.10. The van der Waals surface area contributed by atoms with Crippen molar-refractivity contribution in [3.05, 3.63) is 0 Å². The summed E-state index contributed by atoms with van der Waals surface area (Å²) < 4.78 is 0. The van der Waals surface area contributed by atoms with Gasteiger partial charge in [-0.3, -0.25) is 0 Å². The van der Waals surface area contributed by atoms with Gasteiger partial charge in [0.25, 0.3) is 0 Å². The Balaban J connectivity index is 1.64. The lowest BCUT2D eigenvalue weighted by molar-refractivity contribution is -0.175. The maximum Gasteiger partial charge on any atom is 0.0622 e. The molecular weight excluding hydrogens is 308 g/mol. The fraction of sp³-hybridized carbons (Fsp3) is 1.00. The molecule has 8 atom stereocenters. The lowest BCUT2D eigenvalue weighted by Crippen LogP contribution is -2.58. The van der Waals surface area contributed by atoms with Crippen LogP contribution in [0.1, 0.15) is 91.4 Å². The van der Waals surface area contributed by atoms with Gasteiger partial charge < -0.3 is 10.2 Å². The molecule has 0 heterocycles. The Morgan fingerprint density at radius 1 is 0.920 bits per heavy atom. The minimum Gasteiger partial charge on any atom is -0.396 e. The van der Waals surface area contributed by atoms with Crippen LogP contribution in [-0.2, 0) is 0 Å². The van der Waals surface area contributed by atoms with Gasteiger partial charge in [-0.15, -0.1) is 0 Å². The molecule has 2 N–H and O–H groups in total. The fourth-order valence-corrected chi connectivity index (χ4v) is 8.56. The number of fused-ring (bicyclic) bond motifs is 5. The van der Waals surface area contributed by atoms with Crippen molar-refractivity contribution in [1.29, 1.82) is 0 Å². The predicted molar refractivity (Wildman–Crippen MR) is 102 cm³/mol. The minimum atomic E-state index is -0.424. The molecule has 0 spiro atoms. The highest BCUT2D eigenvalue weighted by Crippen LogP contribution is 2.67. The van der Waals surface area contributed by atoms with Gasteiger partial charge in [-0.05, 0) is 112 Å². The van der Waals surface area contributed by atoms with Gasteiger partial charge in [0.15, 0.2) is 0 Å². The molecule has 4 saturated carbocycles. The fourth-order valence-electron chi connectivity index (χ4n) is 8.56. The van der Waals surface area contributed by atoms with Gasteiger partial charge in [-0.1, -0.05) is 20.3 Å². The van der Waals surface area contributed by atoms with Gasteiger partial charge >= 0.3 is 0 Å². The molecule has 0 aromatic heterocycles. The van der Waals surface area contributed by atoms with Crippen molar-refractivity contribution >= 4 is 0 Å². The first-order chi connectivity index (χ1) is 11.9. The first-order valence-corrected chi connectivity index (χ1v) is 11.2. The zero-order valence-corrected chi connectivity index (χ0v) is 16.8. The Bertz CT molecular complexity index is 500. The second kappa shape index (κ2) is 6.23. The highest BCUT2D eigenvalue weighted by atomic mass is 16.3. The van der Waals surface area contributed by atoms with Gasteiger partial charge in [-0.25, -0.2) is 0 Å². The quantitative estimate of drug-likeness (QED) is 0.723. The summed E-state index contributed by atoms with van der Waals surface area (Å²) in [6.07, 6.45) is 14.0. The standard InChI is InChI=1S/C23H40O2/c1-4-23-13-12-21(2,25)14-16(23)8-9-18-19-7-5-6-17(15-24)22(19,3)11-10-20(18)23/h16-20,24-25H,4-15H2,1-3H3/t16-,17-,18+,19+,20+,21-,22-,23+/m1/s1. The van der Waals surface area contributed by atoms with E-state index in [1.807, 2.05) is 0 Å². The number of hydrogen-bond acceptors (Lipinski definition) is 2. The molecule has 2 nitrogen and oxygen atoms in total. The molecule has 0 aromatic rings. The van der Waals surface area contributed by atoms with Crippen molar-refractivity contribution in [2.24, 2.45) is 40.4 Å². The van der Waals surface area contributed by atoms with Crippen LogP contribution in [0.4, 0.5) is 0 Å². The summed E-state index contributed by atoms with van der Waals surface area (Å²) in [5.41, 5.74) is 0.459. The molecule has 0 aromatic carbocycles. The van der Waals surface area contributed by atoms with E-state index in [0.29, 0.717) is 23.4 Å². The van der Waals surface area contributed by atoms with Gasteiger partial charge in [0, 0.05) is 6.61 Å². The van der Waals surface area contributed by atoms with Crippen molar-refractivity contribution in [2.45, 2.75) is 97.0 Å². The first-order valence-electron chi connectivity index (χ1n) is 11.2. The topological polar surface area (TPSA) is 40.5 Å². The summed E-state index contributed by atoms with van der Waals surface area (Å²) in [5, 5.41) is 20.7. The molecular formula is C23H40O2. The van der Waals surface area contributed by atoms with E-state index in [1.54, 1.807) is 0 Å². The van der Waals surface area contributed by atoms with Crippen molar-refractivity contribution < 1.29 is 10.2 Å². The lowest BCUT2D eigenvalue weighted by Gasteiger charge is -2.65. The van der Waals surface area contributed by atoms with Crippen LogP contribution in [-0.4, -0.2) is 22.4 Å². The SMILES string of the molecule is CC[C@]12CC[C@@](C)(O)C[C@H]1CC[C@H]1[C@@H]3CCC[C@H](CO)[C@@]3(C)CC[C@@H]12. The predicted octanol–water partition coefficient (Wildman–Crippen LogP) is 5.17. The molecule has 4 fully saturated rings. The Morgan fingerprint density at radius 3 is 2.44 bits per heavy atom. The van der Waals surface area contributed by atoms with Crippen LogP contribution >= 0.6 is 0 Å². The van der Waals surface area contributed by atoms with E-state index in [2.05, 4.69) is 20.8 Å². The smallest absolute Gasteiger partial charge is 0.0622 e. The Hall–Kier alpha value is -0.0800. The van der Waals surface area contributed by atoms with Crippen molar-refractivity contribution in [1.82, 2.24) is 0 Å². The minimum absolute atomic E-state index is 0.385. The average molecular weight is 349 g/mol. The van der Waals surface area contributed by atoms with E-state index in [9.17, 15) is 10.2 Å². The molecule has 0 saturated heterocycles. The maximum absolute atomic E-state index is 10.7. The first kappa shape index (κ1) is 18.3. The van der Waals surface area contributed by atoms with Gasteiger partial charge in [-0.2, -0.15) is 0 Å². The third-order valence-corrected chi connectivity index (χ3v) is 9.97. The van der Waals surface area contributed by atoms with E-state index in [-0.39, 0.29) is 0 Å². The lowest BCUT2D eigenvalue weighted by atomic mass is 9.40. The van der Waals surface area contributed by atoms with Crippen LogP contribution in [0.25, 0.3) is 0 Å². The van der Waals surface area contributed by atoms with Crippen LogP contribution in [0.15, 0.2) is 0 Å². The van der Waals surface area contributed by atoms with Crippen molar-refractivity contribution in [2.75, 3.05) is 6.61 Å². The van der Waals surface area contributed by atoms with Crippen LogP contribution in [0.3, 0.4) is 0 Å². The number of aliphatic hydroxyl groups excluding tert-OH is 1. The molecule has 4 rings (SSSR count). The zero-order chi connectivity index (χ0) is 17.9. The molecule has 0 bridgehead atoms. The van der Waals surface area contributed by atoms with Gasteiger partial charge in [0.2, 0.25) is 0 Å². The largest absolute Gasteiger partial charge is 0.396 e. The number of hydrogen-bond donors (Lipinski definition) is 2. The second-order valence-electron chi connectivity index (χ2n) is 10.8. The highest BCUT2D eigenvalue weighted by Gasteiger charge is 2.60. The summed E-state index contributed by atoms with van der Waals surface area (Å²) in [7, 11) is 0. The molecule has 0 unspecified atom stereocenters. The Kier molecular flexibility index (Phi) is 4.56.